The second-order valence-corrected chi connectivity index (χ2v) is 5.44. The monoisotopic (exact) mass is 340 g/mol. The molecule has 0 aliphatic heterocycles. The van der Waals surface area contributed by atoms with Crippen molar-refractivity contribution in [1.29, 1.82) is 0 Å². The Hall–Kier alpha value is -3.35. The van der Waals surface area contributed by atoms with E-state index >= 15 is 0 Å². The Morgan fingerprint density at radius 3 is 2.48 bits per heavy atom. The van der Waals surface area contributed by atoms with Crippen LogP contribution in [-0.2, 0) is 4.79 Å². The highest BCUT2D eigenvalue weighted by Gasteiger charge is 2.05. The molecule has 0 aliphatic carbocycles. The number of carbonyl (C=O) groups excluding carboxylic acids is 2. The van der Waals surface area contributed by atoms with Crippen LogP contribution in [0, 0.1) is 13.8 Å². The Labute approximate surface area is 145 Å². The normalized spacial score (nSPS) is 10.5. The number of nitrogens with one attached hydrogen (secondary N) is 2. The second-order valence-electron chi connectivity index (χ2n) is 5.44. The largest absolute Gasteiger partial charge is 0.484 e. The Morgan fingerprint density at radius 2 is 1.84 bits per heavy atom. The van der Waals surface area contributed by atoms with E-state index in [-0.39, 0.29) is 12.5 Å². The number of rotatable bonds is 6. The predicted molar refractivity (Wildman–Crippen MR) is 96.8 cm³/mol. The average molecular weight is 340 g/mol. The molecule has 0 fully saturated rings. The van der Waals surface area contributed by atoms with Crippen molar-refractivity contribution in [1.82, 2.24) is 5.43 Å². The molecule has 0 radical (unpaired) electrons. The highest BCUT2D eigenvalue weighted by Crippen LogP contribution is 2.15. The minimum atomic E-state index is -0.731. The number of nitrogens with zero attached hydrogens (tertiary/aromatic N) is 1. The van der Waals surface area contributed by atoms with E-state index in [0.29, 0.717) is 5.75 Å². The van der Waals surface area contributed by atoms with Gasteiger partial charge in [-0.1, -0.05) is 6.07 Å². The van der Waals surface area contributed by atoms with E-state index in [2.05, 4.69) is 15.8 Å². The summed E-state index contributed by atoms with van der Waals surface area (Å²) >= 11 is 0. The lowest BCUT2D eigenvalue weighted by Gasteiger charge is -2.09. The van der Waals surface area contributed by atoms with Crippen molar-refractivity contribution in [2.75, 3.05) is 11.9 Å². The van der Waals surface area contributed by atoms with Crippen LogP contribution in [-0.4, -0.2) is 24.8 Å². The van der Waals surface area contributed by atoms with Crippen LogP contribution in [0.4, 0.5) is 10.5 Å². The molecule has 0 spiro atoms. The van der Waals surface area contributed by atoms with Gasteiger partial charge in [-0.05, 0) is 66.9 Å². The van der Waals surface area contributed by atoms with E-state index in [4.69, 9.17) is 10.5 Å². The molecule has 2 aromatic rings. The van der Waals surface area contributed by atoms with Gasteiger partial charge in [0.15, 0.2) is 6.61 Å². The first-order valence-corrected chi connectivity index (χ1v) is 7.62. The molecule has 0 atom stereocenters. The minimum absolute atomic E-state index is 0.0937. The molecule has 7 heteroatoms. The molecule has 0 saturated carbocycles. The predicted octanol–water partition coefficient (Wildman–Crippen LogP) is 2.32. The maximum Gasteiger partial charge on any atom is 0.332 e. The molecule has 130 valence electrons. The molecular weight excluding hydrogens is 320 g/mol. The van der Waals surface area contributed by atoms with Gasteiger partial charge in [0.2, 0.25) is 0 Å². The molecular formula is C18H20N4O3. The SMILES string of the molecule is Cc1ccc(NC(=O)COc2ccc(/C=N\NC(N)=O)cc2)cc1C. The summed E-state index contributed by atoms with van der Waals surface area (Å²) in [6, 6.07) is 11.9. The fourth-order valence-corrected chi connectivity index (χ4v) is 1.99. The van der Waals surface area contributed by atoms with Gasteiger partial charge in [0.25, 0.3) is 5.91 Å². The quantitative estimate of drug-likeness (QED) is 0.555. The first kappa shape index (κ1) is 18.0. The number of hydrazone groups is 1. The Morgan fingerprint density at radius 1 is 1.12 bits per heavy atom. The number of aryl methyl sites for hydroxylation is 2. The Bertz CT molecular complexity index is 785. The van der Waals surface area contributed by atoms with Gasteiger partial charge in [0.05, 0.1) is 6.21 Å². The molecule has 4 N–H and O–H groups in total. The van der Waals surface area contributed by atoms with Crippen LogP contribution in [0.5, 0.6) is 5.75 Å². The third-order valence-electron chi connectivity index (χ3n) is 3.43. The first-order chi connectivity index (χ1) is 11.9. The summed E-state index contributed by atoms with van der Waals surface area (Å²) in [6.45, 7) is 3.91. The lowest BCUT2D eigenvalue weighted by molar-refractivity contribution is -0.118. The molecule has 7 nitrogen and oxygen atoms in total. The zero-order chi connectivity index (χ0) is 18.2. The number of ether oxygens (including phenoxy) is 1. The number of hydrogen-bond donors (Lipinski definition) is 3. The first-order valence-electron chi connectivity index (χ1n) is 7.62. The zero-order valence-electron chi connectivity index (χ0n) is 14.1. The number of carbonyl (C=O) groups is 2. The van der Waals surface area contributed by atoms with Crippen LogP contribution in [0.2, 0.25) is 0 Å². The number of nitrogens with two attached hydrogens (primary N) is 1. The summed E-state index contributed by atoms with van der Waals surface area (Å²) in [6.07, 6.45) is 1.45. The third-order valence-corrected chi connectivity index (χ3v) is 3.43. The van der Waals surface area contributed by atoms with Crippen LogP contribution in [0.1, 0.15) is 16.7 Å². The van der Waals surface area contributed by atoms with Crippen LogP contribution in [0.15, 0.2) is 47.6 Å². The van der Waals surface area contributed by atoms with Crippen LogP contribution in [0.25, 0.3) is 0 Å². The zero-order valence-corrected chi connectivity index (χ0v) is 14.1. The lowest BCUT2D eigenvalue weighted by atomic mass is 10.1. The van der Waals surface area contributed by atoms with Gasteiger partial charge in [-0.2, -0.15) is 5.10 Å². The van der Waals surface area contributed by atoms with E-state index < -0.39 is 6.03 Å². The molecule has 3 amide bonds. The maximum absolute atomic E-state index is 11.9. The van der Waals surface area contributed by atoms with Crippen LogP contribution >= 0.6 is 0 Å². The van der Waals surface area contributed by atoms with Crippen molar-refractivity contribution in [3.8, 4) is 5.75 Å². The third kappa shape index (κ3) is 5.98. The van der Waals surface area contributed by atoms with Crippen molar-refractivity contribution in [3.05, 3.63) is 59.2 Å². The van der Waals surface area contributed by atoms with E-state index in [9.17, 15) is 9.59 Å². The summed E-state index contributed by atoms with van der Waals surface area (Å²) in [5, 5.41) is 6.44. The smallest absolute Gasteiger partial charge is 0.332 e. The minimum Gasteiger partial charge on any atom is -0.484 e. The van der Waals surface area contributed by atoms with Gasteiger partial charge < -0.3 is 15.8 Å². The van der Waals surface area contributed by atoms with Crippen molar-refractivity contribution < 1.29 is 14.3 Å². The number of anilines is 1. The number of amides is 3. The van der Waals surface area contributed by atoms with Crippen molar-refractivity contribution in [3.63, 3.8) is 0 Å². The molecule has 0 unspecified atom stereocenters. The van der Waals surface area contributed by atoms with E-state index in [1.807, 2.05) is 32.0 Å². The summed E-state index contributed by atoms with van der Waals surface area (Å²) < 4.78 is 5.45. The summed E-state index contributed by atoms with van der Waals surface area (Å²) in [5.74, 6) is 0.315. The van der Waals surface area contributed by atoms with Gasteiger partial charge in [-0.15, -0.1) is 0 Å². The molecule has 2 rings (SSSR count). The highest BCUT2D eigenvalue weighted by molar-refractivity contribution is 5.92. The maximum atomic E-state index is 11.9. The summed E-state index contributed by atoms with van der Waals surface area (Å²) in [4.78, 5) is 22.4. The summed E-state index contributed by atoms with van der Waals surface area (Å²) in [7, 11) is 0. The van der Waals surface area contributed by atoms with Crippen molar-refractivity contribution >= 4 is 23.8 Å². The Balaban J connectivity index is 1.84. The molecule has 0 aliphatic rings. The highest BCUT2D eigenvalue weighted by atomic mass is 16.5. The van der Waals surface area contributed by atoms with Gasteiger partial charge in [-0.25, -0.2) is 10.2 Å². The van der Waals surface area contributed by atoms with Gasteiger partial charge in [0.1, 0.15) is 5.75 Å². The van der Waals surface area contributed by atoms with Crippen molar-refractivity contribution in [2.24, 2.45) is 10.8 Å². The molecule has 0 saturated heterocycles. The molecule has 2 aromatic carbocycles. The number of hydrogen-bond acceptors (Lipinski definition) is 4. The fraction of sp³-hybridized carbons (Fsp3) is 0.167. The van der Waals surface area contributed by atoms with E-state index in [1.54, 1.807) is 24.3 Å². The van der Waals surface area contributed by atoms with Crippen molar-refractivity contribution in [2.45, 2.75) is 13.8 Å². The standard InChI is InChI=1S/C18H20N4O3/c1-12-3-6-15(9-13(12)2)21-17(23)11-25-16-7-4-14(5-8-16)10-20-22-18(19)24/h3-10H,11H2,1-2H3,(H,21,23)(H3,19,22,24)/b20-10-. The number of benzene rings is 2. The lowest BCUT2D eigenvalue weighted by Crippen LogP contribution is -2.24. The number of urea groups is 1. The molecule has 0 bridgehead atoms. The average Bonchev–Trinajstić information content (AvgIpc) is 2.57. The van der Waals surface area contributed by atoms with E-state index in [1.165, 1.54) is 11.8 Å². The van der Waals surface area contributed by atoms with Gasteiger partial charge in [0, 0.05) is 5.69 Å². The second kappa shape index (κ2) is 8.49. The molecule has 0 heterocycles. The fourth-order valence-electron chi connectivity index (χ4n) is 1.99. The molecule has 25 heavy (non-hydrogen) atoms. The summed E-state index contributed by atoms with van der Waals surface area (Å²) in [5.41, 5.74) is 10.8. The van der Waals surface area contributed by atoms with Gasteiger partial charge in [-0.3, -0.25) is 4.79 Å². The van der Waals surface area contributed by atoms with Crippen LogP contribution < -0.4 is 21.2 Å². The Kier molecular flexibility index (Phi) is 6.11. The number of primary amides is 1. The van der Waals surface area contributed by atoms with E-state index in [0.717, 1.165) is 16.8 Å². The topological polar surface area (TPSA) is 106 Å². The van der Waals surface area contributed by atoms with Crippen LogP contribution in [0.3, 0.4) is 0 Å². The van der Waals surface area contributed by atoms with Gasteiger partial charge >= 0.3 is 6.03 Å². The molecule has 0 aromatic heterocycles.